The zero-order valence-corrected chi connectivity index (χ0v) is 8.81. The van der Waals surface area contributed by atoms with Crippen molar-refractivity contribution in [3.05, 3.63) is 33.3 Å². The van der Waals surface area contributed by atoms with E-state index in [-0.39, 0.29) is 23.0 Å². The lowest BCUT2D eigenvalue weighted by Gasteiger charge is -2.12. The Morgan fingerprint density at radius 2 is 2.25 bits per heavy atom. The summed E-state index contributed by atoms with van der Waals surface area (Å²) in [6, 6.07) is 4.14. The van der Waals surface area contributed by atoms with Gasteiger partial charge in [-0.25, -0.2) is 4.79 Å². The molecule has 0 aliphatic carbocycles. The van der Waals surface area contributed by atoms with E-state index in [1.807, 2.05) is 0 Å². The predicted molar refractivity (Wildman–Crippen MR) is 56.8 cm³/mol. The first-order valence-electron chi connectivity index (χ1n) is 4.48. The molecule has 1 aromatic rings. The van der Waals surface area contributed by atoms with E-state index < -0.39 is 11.0 Å². The van der Waals surface area contributed by atoms with Gasteiger partial charge >= 0.3 is 6.09 Å². The number of halogens is 1. The maximum atomic E-state index is 11.3. The first-order chi connectivity index (χ1) is 7.59. The third-order valence-electron chi connectivity index (χ3n) is 2.19. The maximum absolute atomic E-state index is 11.3. The average molecular weight is 243 g/mol. The minimum absolute atomic E-state index is 0.202. The highest BCUT2D eigenvalue weighted by Crippen LogP contribution is 2.32. The number of nitrogens with zero attached hydrogens (tertiary/aromatic N) is 2. The van der Waals surface area contributed by atoms with Gasteiger partial charge in [-0.3, -0.25) is 15.0 Å². The number of nitro groups is 1. The van der Waals surface area contributed by atoms with E-state index in [4.69, 9.17) is 16.3 Å². The molecule has 6 nitrogen and oxygen atoms in total. The van der Waals surface area contributed by atoms with Crippen molar-refractivity contribution in [3.8, 4) is 0 Å². The van der Waals surface area contributed by atoms with Gasteiger partial charge in [0.25, 0.3) is 5.69 Å². The quantitative estimate of drug-likeness (QED) is 0.589. The SMILES string of the molecule is O=C1OCCN1c1ccc(Cl)cc1[N+](=O)[O-]. The van der Waals surface area contributed by atoms with Gasteiger partial charge in [0.1, 0.15) is 12.3 Å². The fourth-order valence-corrected chi connectivity index (χ4v) is 1.65. The molecule has 0 unspecified atom stereocenters. The van der Waals surface area contributed by atoms with Gasteiger partial charge in [-0.05, 0) is 12.1 Å². The summed E-state index contributed by atoms with van der Waals surface area (Å²) in [5, 5.41) is 11.1. The highest BCUT2D eigenvalue weighted by Gasteiger charge is 2.29. The number of ether oxygens (including phenoxy) is 1. The topological polar surface area (TPSA) is 72.7 Å². The molecule has 7 heteroatoms. The number of amides is 1. The normalized spacial score (nSPS) is 15.1. The Balaban J connectivity index is 2.47. The standard InChI is InChI=1S/C9H7ClN2O4/c10-6-1-2-7(8(5-6)12(14)15)11-3-4-16-9(11)13/h1-2,5H,3-4H2. The number of cyclic esters (lactones) is 1. The van der Waals surface area contributed by atoms with Crippen LogP contribution in [0.4, 0.5) is 16.2 Å². The molecule has 1 saturated heterocycles. The second-order valence-electron chi connectivity index (χ2n) is 3.16. The molecule has 1 fully saturated rings. The second-order valence-corrected chi connectivity index (χ2v) is 3.59. The van der Waals surface area contributed by atoms with Crippen LogP contribution in [-0.4, -0.2) is 24.2 Å². The number of nitro benzene ring substituents is 1. The highest BCUT2D eigenvalue weighted by molar-refractivity contribution is 6.31. The molecule has 0 spiro atoms. The van der Waals surface area contributed by atoms with E-state index in [9.17, 15) is 14.9 Å². The Labute approximate surface area is 95.5 Å². The van der Waals surface area contributed by atoms with Crippen LogP contribution in [0.15, 0.2) is 18.2 Å². The number of carbonyl (C=O) groups excluding carboxylic acids is 1. The van der Waals surface area contributed by atoms with Crippen LogP contribution in [0.3, 0.4) is 0 Å². The van der Waals surface area contributed by atoms with Gasteiger partial charge in [-0.1, -0.05) is 11.6 Å². The van der Waals surface area contributed by atoms with E-state index in [1.54, 1.807) is 0 Å². The largest absolute Gasteiger partial charge is 0.447 e. The lowest BCUT2D eigenvalue weighted by molar-refractivity contribution is -0.384. The van der Waals surface area contributed by atoms with Gasteiger partial charge in [-0.15, -0.1) is 0 Å². The fourth-order valence-electron chi connectivity index (χ4n) is 1.48. The summed E-state index contributed by atoms with van der Waals surface area (Å²) >= 11 is 5.66. The third kappa shape index (κ3) is 1.79. The number of anilines is 1. The molecule has 0 aromatic heterocycles. The lowest BCUT2D eigenvalue weighted by Crippen LogP contribution is -2.24. The Morgan fingerprint density at radius 1 is 1.50 bits per heavy atom. The number of hydrogen-bond donors (Lipinski definition) is 0. The summed E-state index contributed by atoms with van der Waals surface area (Å²) in [4.78, 5) is 22.7. The molecular weight excluding hydrogens is 236 g/mol. The minimum atomic E-state index is -0.578. The van der Waals surface area contributed by atoms with Crippen molar-refractivity contribution in [1.82, 2.24) is 0 Å². The Morgan fingerprint density at radius 3 is 2.81 bits per heavy atom. The lowest BCUT2D eigenvalue weighted by atomic mass is 10.2. The summed E-state index contributed by atoms with van der Waals surface area (Å²) in [6.07, 6.45) is -0.578. The average Bonchev–Trinajstić information content (AvgIpc) is 2.64. The molecule has 0 N–H and O–H groups in total. The third-order valence-corrected chi connectivity index (χ3v) is 2.42. The molecule has 0 atom stereocenters. The van der Waals surface area contributed by atoms with Crippen LogP contribution in [-0.2, 0) is 4.74 Å². The summed E-state index contributed by atoms with van der Waals surface area (Å²) < 4.78 is 4.72. The minimum Gasteiger partial charge on any atom is -0.447 e. The van der Waals surface area contributed by atoms with Crippen molar-refractivity contribution in [2.24, 2.45) is 0 Å². The van der Waals surface area contributed by atoms with Crippen LogP contribution in [0, 0.1) is 10.1 Å². The molecule has 1 aliphatic heterocycles. The van der Waals surface area contributed by atoms with Gasteiger partial charge in [0.15, 0.2) is 0 Å². The predicted octanol–water partition coefficient (Wildman–Crippen LogP) is 2.20. The maximum Gasteiger partial charge on any atom is 0.414 e. The molecule has 1 amide bonds. The van der Waals surface area contributed by atoms with Crippen LogP contribution in [0.25, 0.3) is 0 Å². The molecule has 1 aromatic carbocycles. The van der Waals surface area contributed by atoms with Crippen LogP contribution in [0.2, 0.25) is 5.02 Å². The molecule has 0 bridgehead atoms. The van der Waals surface area contributed by atoms with E-state index in [2.05, 4.69) is 0 Å². The van der Waals surface area contributed by atoms with E-state index >= 15 is 0 Å². The van der Waals surface area contributed by atoms with Gasteiger partial charge in [0.05, 0.1) is 11.5 Å². The van der Waals surface area contributed by atoms with Crippen LogP contribution in [0.1, 0.15) is 0 Å². The summed E-state index contributed by atoms with van der Waals surface area (Å²) in [5.74, 6) is 0. The number of rotatable bonds is 2. The van der Waals surface area contributed by atoms with Crippen molar-refractivity contribution in [1.29, 1.82) is 0 Å². The summed E-state index contributed by atoms with van der Waals surface area (Å²) in [7, 11) is 0. The molecule has 0 saturated carbocycles. The van der Waals surface area contributed by atoms with Gasteiger partial charge in [0, 0.05) is 11.1 Å². The fraction of sp³-hybridized carbons (Fsp3) is 0.222. The first-order valence-corrected chi connectivity index (χ1v) is 4.85. The van der Waals surface area contributed by atoms with Gasteiger partial charge in [0.2, 0.25) is 0 Å². The molecular formula is C9H7ClN2O4. The van der Waals surface area contributed by atoms with Crippen molar-refractivity contribution in [2.45, 2.75) is 0 Å². The summed E-state index contributed by atoms with van der Waals surface area (Å²) in [6.45, 7) is 0.542. The molecule has 2 rings (SSSR count). The summed E-state index contributed by atoms with van der Waals surface area (Å²) in [5.41, 5.74) is 0.00301. The highest BCUT2D eigenvalue weighted by atomic mass is 35.5. The van der Waals surface area contributed by atoms with E-state index in [1.165, 1.54) is 23.1 Å². The van der Waals surface area contributed by atoms with Crippen molar-refractivity contribution in [3.63, 3.8) is 0 Å². The molecule has 1 aliphatic rings. The molecule has 0 radical (unpaired) electrons. The van der Waals surface area contributed by atoms with E-state index in [0.29, 0.717) is 6.54 Å². The molecule has 1 heterocycles. The van der Waals surface area contributed by atoms with Crippen LogP contribution < -0.4 is 4.90 Å². The van der Waals surface area contributed by atoms with Crippen LogP contribution in [0.5, 0.6) is 0 Å². The number of carbonyl (C=O) groups is 1. The molecule has 16 heavy (non-hydrogen) atoms. The van der Waals surface area contributed by atoms with Gasteiger partial charge in [-0.2, -0.15) is 0 Å². The smallest absolute Gasteiger partial charge is 0.414 e. The molecule has 84 valence electrons. The number of benzene rings is 1. The first kappa shape index (κ1) is 10.7. The van der Waals surface area contributed by atoms with Crippen molar-refractivity contribution < 1.29 is 14.5 Å². The number of hydrogen-bond acceptors (Lipinski definition) is 4. The Bertz CT molecular complexity index is 463. The van der Waals surface area contributed by atoms with Crippen molar-refractivity contribution >= 4 is 29.1 Å². The monoisotopic (exact) mass is 242 g/mol. The second kappa shape index (κ2) is 3.97. The van der Waals surface area contributed by atoms with Crippen molar-refractivity contribution in [2.75, 3.05) is 18.1 Å². The zero-order valence-electron chi connectivity index (χ0n) is 8.05. The van der Waals surface area contributed by atoms with Crippen LogP contribution >= 0.6 is 11.6 Å². The zero-order chi connectivity index (χ0) is 11.7. The Hall–Kier alpha value is -1.82. The van der Waals surface area contributed by atoms with Gasteiger partial charge < -0.3 is 4.74 Å². The van der Waals surface area contributed by atoms with E-state index in [0.717, 1.165) is 0 Å². The Kier molecular flexibility index (Phi) is 2.66.